The van der Waals surface area contributed by atoms with E-state index in [0.29, 0.717) is 33.6 Å². The first kappa shape index (κ1) is 15.9. The molecule has 1 N–H and O–H groups in total. The number of anilines is 1. The summed E-state index contributed by atoms with van der Waals surface area (Å²) >= 11 is 0. The van der Waals surface area contributed by atoms with E-state index in [-0.39, 0.29) is 24.4 Å². The van der Waals surface area contributed by atoms with Crippen LogP contribution >= 0.6 is 0 Å². The van der Waals surface area contributed by atoms with Crippen LogP contribution in [0.15, 0.2) is 51.7 Å². The van der Waals surface area contributed by atoms with Crippen molar-refractivity contribution in [3.63, 3.8) is 0 Å². The minimum Gasteiger partial charge on any atom is -0.441 e. The van der Waals surface area contributed by atoms with Crippen LogP contribution in [0.2, 0.25) is 0 Å². The normalized spacial score (nSPS) is 11.1. The second kappa shape index (κ2) is 6.40. The molecule has 0 saturated carbocycles. The van der Waals surface area contributed by atoms with E-state index >= 15 is 0 Å². The quantitative estimate of drug-likeness (QED) is 0.606. The number of hydrogen-bond donors (Lipinski definition) is 1. The fraction of sp³-hybridized carbons (Fsp3) is 0.167. The number of benzene rings is 2. The van der Waals surface area contributed by atoms with Crippen LogP contribution in [-0.2, 0) is 11.3 Å². The zero-order valence-corrected chi connectivity index (χ0v) is 14.0. The maximum absolute atomic E-state index is 12.4. The molecule has 0 aliphatic rings. The molecule has 8 heteroatoms. The second-order valence-electron chi connectivity index (χ2n) is 5.85. The van der Waals surface area contributed by atoms with Crippen molar-refractivity contribution in [3.05, 3.63) is 58.7 Å². The molecule has 0 atom stereocenters. The van der Waals surface area contributed by atoms with E-state index in [9.17, 15) is 9.59 Å². The number of carbonyl (C=O) groups is 1. The van der Waals surface area contributed by atoms with Gasteiger partial charge in [-0.25, -0.2) is 9.67 Å². The highest BCUT2D eigenvalue weighted by Gasteiger charge is 2.09. The molecule has 0 unspecified atom stereocenters. The van der Waals surface area contributed by atoms with Crippen molar-refractivity contribution in [2.75, 3.05) is 5.32 Å². The molecule has 26 heavy (non-hydrogen) atoms. The first-order valence-electron chi connectivity index (χ1n) is 8.10. The van der Waals surface area contributed by atoms with Gasteiger partial charge >= 0.3 is 0 Å². The predicted molar refractivity (Wildman–Crippen MR) is 95.8 cm³/mol. The van der Waals surface area contributed by atoms with Gasteiger partial charge in [0.05, 0.1) is 11.9 Å². The summed E-state index contributed by atoms with van der Waals surface area (Å²) < 4.78 is 6.60. The van der Waals surface area contributed by atoms with Gasteiger partial charge in [-0.1, -0.05) is 17.3 Å². The number of oxazole rings is 1. The van der Waals surface area contributed by atoms with E-state index in [2.05, 4.69) is 20.6 Å². The molecule has 2 aromatic carbocycles. The van der Waals surface area contributed by atoms with E-state index in [1.54, 1.807) is 49.4 Å². The van der Waals surface area contributed by atoms with Gasteiger partial charge in [0.15, 0.2) is 11.5 Å². The smallest absolute Gasteiger partial charge is 0.277 e. The third-order valence-electron chi connectivity index (χ3n) is 3.96. The number of nitrogens with zero attached hydrogens (tertiary/aromatic N) is 4. The van der Waals surface area contributed by atoms with E-state index in [1.807, 2.05) is 0 Å². The molecule has 0 radical (unpaired) electrons. The van der Waals surface area contributed by atoms with E-state index in [4.69, 9.17) is 4.42 Å². The number of carbonyl (C=O) groups excluding carboxylic acids is 1. The molecule has 2 heterocycles. The summed E-state index contributed by atoms with van der Waals surface area (Å²) in [5.41, 5.74) is 2.24. The number of aryl methyl sites for hydroxylation is 2. The molecule has 2 aromatic heterocycles. The van der Waals surface area contributed by atoms with E-state index < -0.39 is 0 Å². The molecule has 0 fully saturated rings. The first-order valence-corrected chi connectivity index (χ1v) is 8.10. The Morgan fingerprint density at radius 3 is 2.92 bits per heavy atom. The third kappa shape index (κ3) is 3.04. The molecule has 4 aromatic rings. The Balaban J connectivity index is 1.46. The minimum absolute atomic E-state index is 0.100. The van der Waals surface area contributed by atoms with Gasteiger partial charge in [-0.05, 0) is 30.3 Å². The standard InChI is InChI=1S/C18H15N5O3/c1-11-19-15-10-12(6-7-16(15)26-11)20-17(24)8-9-23-18(25)13-4-2-3-5-14(13)21-22-23/h2-7,10H,8-9H2,1H3,(H,20,24). The second-order valence-corrected chi connectivity index (χ2v) is 5.85. The molecule has 8 nitrogen and oxygen atoms in total. The summed E-state index contributed by atoms with van der Waals surface area (Å²) in [6.45, 7) is 1.91. The summed E-state index contributed by atoms with van der Waals surface area (Å²) in [5.74, 6) is 0.337. The molecule has 0 aliphatic carbocycles. The lowest BCUT2D eigenvalue weighted by molar-refractivity contribution is -0.116. The monoisotopic (exact) mass is 349 g/mol. The predicted octanol–water partition coefficient (Wildman–Crippen LogP) is 2.27. The lowest BCUT2D eigenvalue weighted by atomic mass is 10.2. The third-order valence-corrected chi connectivity index (χ3v) is 3.96. The molecule has 0 bridgehead atoms. The largest absolute Gasteiger partial charge is 0.441 e. The summed E-state index contributed by atoms with van der Waals surface area (Å²) in [6.07, 6.45) is 0.100. The first-order chi connectivity index (χ1) is 12.6. The Morgan fingerprint density at radius 1 is 1.19 bits per heavy atom. The molecular weight excluding hydrogens is 334 g/mol. The van der Waals surface area contributed by atoms with Crippen molar-refractivity contribution in [2.45, 2.75) is 19.9 Å². The van der Waals surface area contributed by atoms with Crippen molar-refractivity contribution in [1.29, 1.82) is 0 Å². The average Bonchev–Trinajstić information content (AvgIpc) is 3.01. The molecule has 4 rings (SSSR count). The van der Waals surface area contributed by atoms with Gasteiger partial charge in [-0.3, -0.25) is 9.59 Å². The Bertz CT molecular complexity index is 1180. The maximum atomic E-state index is 12.4. The summed E-state index contributed by atoms with van der Waals surface area (Å²) in [6, 6.07) is 12.2. The minimum atomic E-state index is -0.261. The van der Waals surface area contributed by atoms with Gasteiger partial charge in [-0.2, -0.15) is 0 Å². The molecule has 0 aliphatic heterocycles. The number of hydrogen-bond acceptors (Lipinski definition) is 6. The summed E-state index contributed by atoms with van der Waals surface area (Å²) in [5, 5.41) is 11.2. The highest BCUT2D eigenvalue weighted by molar-refractivity contribution is 5.92. The Labute approximate surface area is 147 Å². The zero-order chi connectivity index (χ0) is 18.1. The zero-order valence-electron chi connectivity index (χ0n) is 14.0. The molecule has 1 amide bonds. The van der Waals surface area contributed by atoms with Gasteiger partial charge in [0, 0.05) is 19.0 Å². The summed E-state index contributed by atoms with van der Waals surface area (Å²) in [4.78, 5) is 28.8. The van der Waals surface area contributed by atoms with Gasteiger partial charge in [0.25, 0.3) is 5.56 Å². The van der Waals surface area contributed by atoms with Crippen LogP contribution in [0.4, 0.5) is 5.69 Å². The number of nitrogens with one attached hydrogen (secondary N) is 1. The average molecular weight is 349 g/mol. The van der Waals surface area contributed by atoms with Crippen LogP contribution in [0.5, 0.6) is 0 Å². The van der Waals surface area contributed by atoms with Gasteiger partial charge in [0.1, 0.15) is 11.0 Å². The van der Waals surface area contributed by atoms with Gasteiger partial charge in [-0.15, -0.1) is 5.10 Å². The van der Waals surface area contributed by atoms with Crippen LogP contribution in [0, 0.1) is 6.92 Å². The molecular formula is C18H15N5O3. The molecule has 0 saturated heterocycles. The lowest BCUT2D eigenvalue weighted by Crippen LogP contribution is -2.26. The van der Waals surface area contributed by atoms with Crippen LogP contribution in [0.3, 0.4) is 0 Å². The molecule has 0 spiro atoms. The van der Waals surface area contributed by atoms with Crippen LogP contribution in [-0.4, -0.2) is 25.9 Å². The van der Waals surface area contributed by atoms with Crippen LogP contribution < -0.4 is 10.9 Å². The number of aromatic nitrogens is 4. The Morgan fingerprint density at radius 2 is 2.04 bits per heavy atom. The lowest BCUT2D eigenvalue weighted by Gasteiger charge is -2.06. The number of amides is 1. The van der Waals surface area contributed by atoms with Gasteiger partial charge < -0.3 is 9.73 Å². The fourth-order valence-corrected chi connectivity index (χ4v) is 2.72. The number of rotatable bonds is 4. The number of fused-ring (bicyclic) bond motifs is 2. The van der Waals surface area contributed by atoms with Crippen molar-refractivity contribution in [1.82, 2.24) is 20.0 Å². The fourth-order valence-electron chi connectivity index (χ4n) is 2.72. The topological polar surface area (TPSA) is 103 Å². The Kier molecular flexibility index (Phi) is 3.92. The van der Waals surface area contributed by atoms with Crippen molar-refractivity contribution < 1.29 is 9.21 Å². The van der Waals surface area contributed by atoms with E-state index in [0.717, 1.165) is 0 Å². The summed E-state index contributed by atoms with van der Waals surface area (Å²) in [7, 11) is 0. The Hall–Kier alpha value is -3.55. The maximum Gasteiger partial charge on any atom is 0.277 e. The van der Waals surface area contributed by atoms with Crippen LogP contribution in [0.25, 0.3) is 22.0 Å². The molecule has 130 valence electrons. The van der Waals surface area contributed by atoms with Crippen LogP contribution in [0.1, 0.15) is 12.3 Å². The van der Waals surface area contributed by atoms with E-state index in [1.165, 1.54) is 4.68 Å². The van der Waals surface area contributed by atoms with Crippen molar-refractivity contribution >= 4 is 33.6 Å². The highest BCUT2D eigenvalue weighted by atomic mass is 16.3. The SMILES string of the molecule is Cc1nc2cc(NC(=O)CCn3nnc4ccccc4c3=O)ccc2o1. The van der Waals surface area contributed by atoms with Crippen molar-refractivity contribution in [3.8, 4) is 0 Å². The highest BCUT2D eigenvalue weighted by Crippen LogP contribution is 2.19. The van der Waals surface area contributed by atoms with Crippen molar-refractivity contribution in [2.24, 2.45) is 0 Å². The van der Waals surface area contributed by atoms with Gasteiger partial charge in [0.2, 0.25) is 5.91 Å².